The molecule has 2 aromatic rings. The number of H-pyrrole nitrogens is 1. The van der Waals surface area contributed by atoms with Crippen LogP contribution in [0.25, 0.3) is 0 Å². The molecule has 1 atom stereocenters. The third kappa shape index (κ3) is 4.02. The zero-order chi connectivity index (χ0) is 19.8. The highest BCUT2D eigenvalue weighted by molar-refractivity contribution is 7.90. The van der Waals surface area contributed by atoms with Gasteiger partial charge in [0.25, 0.3) is 11.8 Å². The summed E-state index contributed by atoms with van der Waals surface area (Å²) in [6, 6.07) is 6.36. The van der Waals surface area contributed by atoms with Crippen LogP contribution in [-0.4, -0.2) is 54.7 Å². The molecule has 1 aliphatic rings. The molecule has 0 bridgehead atoms. The summed E-state index contributed by atoms with van der Waals surface area (Å²) in [6.45, 7) is 2.76. The van der Waals surface area contributed by atoms with Crippen LogP contribution in [0.4, 0.5) is 0 Å². The number of benzene rings is 1. The van der Waals surface area contributed by atoms with Gasteiger partial charge in [0.05, 0.1) is 4.90 Å². The molecule has 1 unspecified atom stereocenters. The molecule has 0 saturated carbocycles. The number of carbonyl (C=O) groups is 2. The molecule has 1 fully saturated rings. The van der Waals surface area contributed by atoms with Gasteiger partial charge in [-0.05, 0) is 43.5 Å². The second-order valence-corrected chi connectivity index (χ2v) is 8.90. The van der Waals surface area contributed by atoms with E-state index in [9.17, 15) is 18.0 Å². The lowest BCUT2D eigenvalue weighted by Gasteiger charge is -2.32. The second kappa shape index (κ2) is 7.15. The molecule has 2 amide bonds. The molecule has 3 N–H and O–H groups in total. The second-order valence-electron chi connectivity index (χ2n) is 6.92. The first-order chi connectivity index (χ1) is 12.7. The first-order valence-corrected chi connectivity index (χ1v) is 10.5. The quantitative estimate of drug-likeness (QED) is 0.812. The molecule has 0 spiro atoms. The zero-order valence-corrected chi connectivity index (χ0v) is 16.0. The van der Waals surface area contributed by atoms with Gasteiger partial charge in [-0.25, -0.2) is 8.42 Å². The van der Waals surface area contributed by atoms with E-state index in [4.69, 9.17) is 5.73 Å². The molecule has 27 heavy (non-hydrogen) atoms. The third-order valence-corrected chi connectivity index (χ3v) is 6.07. The van der Waals surface area contributed by atoms with E-state index in [-0.39, 0.29) is 22.4 Å². The van der Waals surface area contributed by atoms with Crippen molar-refractivity contribution in [2.45, 2.75) is 30.6 Å². The van der Waals surface area contributed by atoms with Crippen molar-refractivity contribution in [3.8, 4) is 0 Å². The van der Waals surface area contributed by atoms with Gasteiger partial charge in [0.2, 0.25) is 0 Å². The fraction of sp³-hybridized carbons (Fsp3) is 0.389. The van der Waals surface area contributed by atoms with E-state index in [0.29, 0.717) is 24.2 Å². The number of nitrogens with one attached hydrogen (secondary N) is 1. The molecular formula is C18H22N4O4S. The number of amides is 2. The maximum Gasteiger partial charge on any atom is 0.269 e. The Morgan fingerprint density at radius 2 is 2.04 bits per heavy atom. The minimum absolute atomic E-state index is 0.0168. The van der Waals surface area contributed by atoms with Crippen molar-refractivity contribution in [3.63, 3.8) is 0 Å². The highest BCUT2D eigenvalue weighted by Crippen LogP contribution is 2.27. The molecule has 1 aromatic carbocycles. The van der Waals surface area contributed by atoms with E-state index in [1.165, 1.54) is 6.07 Å². The molecule has 144 valence electrons. The monoisotopic (exact) mass is 390 g/mol. The van der Waals surface area contributed by atoms with Gasteiger partial charge in [-0.3, -0.25) is 14.7 Å². The van der Waals surface area contributed by atoms with E-state index in [0.717, 1.165) is 24.8 Å². The fourth-order valence-electron chi connectivity index (χ4n) is 3.40. The zero-order valence-electron chi connectivity index (χ0n) is 15.2. The van der Waals surface area contributed by atoms with Crippen molar-refractivity contribution in [2.24, 2.45) is 5.73 Å². The Labute approximate surface area is 157 Å². The van der Waals surface area contributed by atoms with Crippen LogP contribution < -0.4 is 5.73 Å². The number of aromatic amines is 1. The number of nitrogens with two attached hydrogens (primary N) is 1. The molecule has 0 aliphatic carbocycles. The highest BCUT2D eigenvalue weighted by atomic mass is 32.2. The van der Waals surface area contributed by atoms with Gasteiger partial charge in [0, 0.05) is 36.5 Å². The summed E-state index contributed by atoms with van der Waals surface area (Å²) in [5.74, 6) is -0.795. The number of hydrogen-bond acceptors (Lipinski definition) is 5. The smallest absolute Gasteiger partial charge is 0.269 e. The van der Waals surface area contributed by atoms with Crippen LogP contribution in [0.15, 0.2) is 29.2 Å². The standard InChI is InChI=1S/C18H22N4O4S/c1-11-5-6-12(8-16(11)27(2,25)26)18(24)22-7-3-4-13(10-22)14-9-15(17(19)23)21-20-14/h5-6,8-9,13H,3-4,7,10H2,1-2H3,(H2,19,23)(H,20,21). The average molecular weight is 390 g/mol. The minimum atomic E-state index is -3.41. The lowest BCUT2D eigenvalue weighted by molar-refractivity contribution is 0.0705. The van der Waals surface area contributed by atoms with Gasteiger partial charge in [0.1, 0.15) is 5.69 Å². The van der Waals surface area contributed by atoms with Gasteiger partial charge in [-0.1, -0.05) is 6.07 Å². The van der Waals surface area contributed by atoms with Gasteiger partial charge >= 0.3 is 0 Å². The Morgan fingerprint density at radius 3 is 2.67 bits per heavy atom. The number of aryl methyl sites for hydroxylation is 1. The van der Waals surface area contributed by atoms with Crippen molar-refractivity contribution in [2.75, 3.05) is 19.3 Å². The summed E-state index contributed by atoms with van der Waals surface area (Å²) in [7, 11) is -3.41. The Kier molecular flexibility index (Phi) is 5.05. The molecule has 8 nitrogen and oxygen atoms in total. The number of nitrogens with zero attached hydrogens (tertiary/aromatic N) is 2. The molecule has 3 rings (SSSR count). The molecule has 0 radical (unpaired) electrons. The van der Waals surface area contributed by atoms with Crippen molar-refractivity contribution in [1.29, 1.82) is 0 Å². The van der Waals surface area contributed by atoms with Crippen LogP contribution in [0.5, 0.6) is 0 Å². The predicted molar refractivity (Wildman–Crippen MR) is 99.3 cm³/mol. The van der Waals surface area contributed by atoms with Gasteiger partial charge < -0.3 is 10.6 Å². The fourth-order valence-corrected chi connectivity index (χ4v) is 4.40. The van der Waals surface area contributed by atoms with Crippen molar-refractivity contribution < 1.29 is 18.0 Å². The van der Waals surface area contributed by atoms with E-state index >= 15 is 0 Å². The van der Waals surface area contributed by atoms with Crippen LogP contribution in [-0.2, 0) is 9.84 Å². The first-order valence-electron chi connectivity index (χ1n) is 8.62. The third-order valence-electron chi connectivity index (χ3n) is 4.83. The maximum atomic E-state index is 12.9. The summed E-state index contributed by atoms with van der Waals surface area (Å²) >= 11 is 0. The topological polar surface area (TPSA) is 126 Å². The molecule has 9 heteroatoms. The molecular weight excluding hydrogens is 368 g/mol. The molecule has 1 aliphatic heterocycles. The number of rotatable bonds is 4. The lowest BCUT2D eigenvalue weighted by Crippen LogP contribution is -2.39. The maximum absolute atomic E-state index is 12.9. The van der Waals surface area contributed by atoms with Crippen LogP contribution in [0.1, 0.15) is 50.9 Å². The molecule has 1 aromatic heterocycles. The van der Waals surface area contributed by atoms with E-state index in [1.807, 2.05) is 0 Å². The van der Waals surface area contributed by atoms with Crippen molar-refractivity contribution in [1.82, 2.24) is 15.1 Å². The van der Waals surface area contributed by atoms with Crippen LogP contribution in [0.2, 0.25) is 0 Å². The Bertz CT molecular complexity index is 997. The van der Waals surface area contributed by atoms with Crippen LogP contribution >= 0.6 is 0 Å². The Hall–Kier alpha value is -2.68. The number of hydrogen-bond donors (Lipinski definition) is 2. The van der Waals surface area contributed by atoms with Crippen LogP contribution in [0.3, 0.4) is 0 Å². The Balaban J connectivity index is 1.82. The van der Waals surface area contributed by atoms with E-state index < -0.39 is 15.7 Å². The molecule has 1 saturated heterocycles. The number of piperidine rings is 1. The molecule has 2 heterocycles. The van der Waals surface area contributed by atoms with Crippen molar-refractivity contribution in [3.05, 3.63) is 46.8 Å². The summed E-state index contributed by atoms with van der Waals surface area (Å²) in [4.78, 5) is 26.0. The van der Waals surface area contributed by atoms with E-state index in [1.54, 1.807) is 30.0 Å². The van der Waals surface area contributed by atoms with E-state index in [2.05, 4.69) is 10.2 Å². The predicted octanol–water partition coefficient (Wildman–Crippen LogP) is 1.24. The number of aromatic nitrogens is 2. The number of primary amides is 1. The van der Waals surface area contributed by atoms with Gasteiger partial charge in [-0.15, -0.1) is 0 Å². The lowest BCUT2D eigenvalue weighted by atomic mass is 9.94. The number of sulfone groups is 1. The summed E-state index contributed by atoms with van der Waals surface area (Å²) in [6.07, 6.45) is 2.79. The number of likely N-dealkylation sites (tertiary alicyclic amines) is 1. The normalized spacial score (nSPS) is 17.7. The van der Waals surface area contributed by atoms with Gasteiger partial charge in [-0.2, -0.15) is 5.10 Å². The first kappa shape index (κ1) is 19.1. The largest absolute Gasteiger partial charge is 0.364 e. The summed E-state index contributed by atoms with van der Waals surface area (Å²) < 4.78 is 23.9. The average Bonchev–Trinajstić information content (AvgIpc) is 3.11. The summed E-state index contributed by atoms with van der Waals surface area (Å²) in [5, 5.41) is 6.72. The summed E-state index contributed by atoms with van der Waals surface area (Å²) in [5.41, 5.74) is 7.14. The van der Waals surface area contributed by atoms with Gasteiger partial charge in [0.15, 0.2) is 9.84 Å². The number of carbonyl (C=O) groups excluding carboxylic acids is 2. The van der Waals surface area contributed by atoms with Crippen LogP contribution in [0, 0.1) is 6.92 Å². The van der Waals surface area contributed by atoms with Crippen molar-refractivity contribution >= 4 is 21.7 Å². The Morgan fingerprint density at radius 1 is 1.30 bits per heavy atom. The SMILES string of the molecule is Cc1ccc(C(=O)N2CCCC(c3cc(C(N)=O)n[nH]3)C2)cc1S(C)(=O)=O. The highest BCUT2D eigenvalue weighted by Gasteiger charge is 2.27. The minimum Gasteiger partial charge on any atom is -0.364 e.